The second-order valence-electron chi connectivity index (χ2n) is 2.81. The van der Waals surface area contributed by atoms with Crippen LogP contribution in [0.4, 0.5) is 0 Å². The van der Waals surface area contributed by atoms with E-state index in [9.17, 15) is 4.79 Å². The van der Waals surface area contributed by atoms with E-state index in [1.54, 1.807) is 4.40 Å². The molecule has 0 amide bonds. The van der Waals surface area contributed by atoms with Crippen LogP contribution in [0.1, 0.15) is 10.5 Å². The zero-order chi connectivity index (χ0) is 10.1. The fourth-order valence-electron chi connectivity index (χ4n) is 1.30. The smallest absolute Gasteiger partial charge is 0.194 e. The lowest BCUT2D eigenvalue weighted by Crippen LogP contribution is -2.15. The SMILES string of the molecule is NCC(=O)c1cnc2cccc(Br)n12. The van der Waals surface area contributed by atoms with E-state index < -0.39 is 0 Å². The monoisotopic (exact) mass is 253 g/mol. The van der Waals surface area contributed by atoms with Crippen LogP contribution in [0.5, 0.6) is 0 Å². The van der Waals surface area contributed by atoms with Crippen molar-refractivity contribution in [3.63, 3.8) is 0 Å². The van der Waals surface area contributed by atoms with Gasteiger partial charge in [0.15, 0.2) is 5.78 Å². The molecule has 2 rings (SSSR count). The minimum Gasteiger partial charge on any atom is -0.324 e. The summed E-state index contributed by atoms with van der Waals surface area (Å²) < 4.78 is 2.53. The summed E-state index contributed by atoms with van der Waals surface area (Å²) in [6.07, 6.45) is 1.54. The zero-order valence-electron chi connectivity index (χ0n) is 7.27. The predicted octanol–water partition coefficient (Wildman–Crippen LogP) is 1.24. The molecule has 0 saturated heterocycles. The van der Waals surface area contributed by atoms with Gasteiger partial charge in [0, 0.05) is 0 Å². The highest BCUT2D eigenvalue weighted by molar-refractivity contribution is 9.10. The number of nitrogens with two attached hydrogens (primary N) is 1. The van der Waals surface area contributed by atoms with Crippen LogP contribution in [-0.2, 0) is 0 Å². The first kappa shape index (κ1) is 9.36. The Morgan fingerprint density at radius 1 is 1.57 bits per heavy atom. The normalized spacial score (nSPS) is 10.7. The van der Waals surface area contributed by atoms with Crippen LogP contribution < -0.4 is 5.73 Å². The minimum absolute atomic E-state index is 0.00483. The second kappa shape index (κ2) is 3.51. The van der Waals surface area contributed by atoms with E-state index in [1.165, 1.54) is 6.20 Å². The first-order chi connectivity index (χ1) is 6.74. The van der Waals surface area contributed by atoms with Crippen LogP contribution in [0.25, 0.3) is 5.65 Å². The van der Waals surface area contributed by atoms with E-state index in [2.05, 4.69) is 20.9 Å². The number of carbonyl (C=O) groups is 1. The van der Waals surface area contributed by atoms with Crippen LogP contribution in [-0.4, -0.2) is 21.7 Å². The average molecular weight is 254 g/mol. The van der Waals surface area contributed by atoms with Gasteiger partial charge in [0.05, 0.1) is 17.3 Å². The Bertz CT molecular complexity index is 492. The highest BCUT2D eigenvalue weighted by atomic mass is 79.9. The summed E-state index contributed by atoms with van der Waals surface area (Å²) in [6, 6.07) is 5.54. The van der Waals surface area contributed by atoms with Gasteiger partial charge in [-0.05, 0) is 28.1 Å². The van der Waals surface area contributed by atoms with Crippen LogP contribution in [0.3, 0.4) is 0 Å². The van der Waals surface area contributed by atoms with Crippen molar-refractivity contribution < 1.29 is 4.79 Å². The van der Waals surface area contributed by atoms with Crippen molar-refractivity contribution in [1.82, 2.24) is 9.38 Å². The summed E-state index contributed by atoms with van der Waals surface area (Å²) in [6.45, 7) is -0.00483. The van der Waals surface area contributed by atoms with Crippen LogP contribution in [0, 0.1) is 0 Å². The third kappa shape index (κ3) is 1.34. The summed E-state index contributed by atoms with van der Waals surface area (Å²) in [4.78, 5) is 15.5. The summed E-state index contributed by atoms with van der Waals surface area (Å²) in [7, 11) is 0. The van der Waals surface area contributed by atoms with Crippen LogP contribution >= 0.6 is 15.9 Å². The molecule has 0 aliphatic heterocycles. The fourth-order valence-corrected chi connectivity index (χ4v) is 1.82. The Kier molecular flexibility index (Phi) is 2.35. The Labute approximate surface area is 88.9 Å². The molecule has 0 unspecified atom stereocenters. The van der Waals surface area contributed by atoms with Crippen molar-refractivity contribution in [2.75, 3.05) is 6.54 Å². The topological polar surface area (TPSA) is 60.4 Å². The molecule has 0 spiro atoms. The summed E-state index contributed by atoms with van der Waals surface area (Å²) in [5.74, 6) is -0.121. The Hall–Kier alpha value is -1.20. The molecular weight excluding hydrogens is 246 g/mol. The molecule has 4 nitrogen and oxygen atoms in total. The number of Topliss-reactive ketones (excluding diaryl/α,β-unsaturated/α-hetero) is 1. The molecule has 2 N–H and O–H groups in total. The first-order valence-corrected chi connectivity index (χ1v) is 4.88. The Morgan fingerprint density at radius 3 is 3.07 bits per heavy atom. The zero-order valence-corrected chi connectivity index (χ0v) is 8.86. The van der Waals surface area contributed by atoms with E-state index in [1.807, 2.05) is 18.2 Å². The number of fused-ring (bicyclic) bond motifs is 1. The molecule has 72 valence electrons. The number of hydrogen-bond donors (Lipinski definition) is 1. The maximum Gasteiger partial charge on any atom is 0.194 e. The highest BCUT2D eigenvalue weighted by Crippen LogP contribution is 2.15. The third-order valence-electron chi connectivity index (χ3n) is 1.95. The van der Waals surface area contributed by atoms with Gasteiger partial charge in [-0.3, -0.25) is 9.20 Å². The predicted molar refractivity (Wildman–Crippen MR) is 56.3 cm³/mol. The largest absolute Gasteiger partial charge is 0.324 e. The lowest BCUT2D eigenvalue weighted by Gasteiger charge is -2.01. The van der Waals surface area contributed by atoms with E-state index >= 15 is 0 Å². The molecule has 0 fully saturated rings. The van der Waals surface area contributed by atoms with Gasteiger partial charge in [-0.1, -0.05) is 6.07 Å². The van der Waals surface area contributed by atoms with Gasteiger partial charge in [0.25, 0.3) is 0 Å². The van der Waals surface area contributed by atoms with Gasteiger partial charge in [-0.2, -0.15) is 0 Å². The highest BCUT2D eigenvalue weighted by Gasteiger charge is 2.11. The van der Waals surface area contributed by atoms with E-state index in [-0.39, 0.29) is 12.3 Å². The van der Waals surface area contributed by atoms with E-state index in [4.69, 9.17) is 5.73 Å². The van der Waals surface area contributed by atoms with E-state index in [0.29, 0.717) is 5.69 Å². The van der Waals surface area contributed by atoms with Gasteiger partial charge >= 0.3 is 0 Å². The minimum atomic E-state index is -0.121. The quantitative estimate of drug-likeness (QED) is 0.647. The molecule has 5 heteroatoms. The standard InChI is InChI=1S/C9H8BrN3O/c10-8-2-1-3-9-12-5-6(13(8)9)7(14)4-11/h1-3,5H,4,11H2. The fraction of sp³-hybridized carbons (Fsp3) is 0.111. The molecule has 2 aromatic rings. The maximum atomic E-state index is 11.4. The summed E-state index contributed by atoms with van der Waals surface area (Å²) in [5.41, 5.74) is 6.54. The molecule has 2 aromatic heterocycles. The molecular formula is C9H8BrN3O. The number of carbonyl (C=O) groups excluding carboxylic acids is 1. The number of ketones is 1. The van der Waals surface area contributed by atoms with Crippen LogP contribution in [0.2, 0.25) is 0 Å². The number of nitrogens with zero attached hydrogens (tertiary/aromatic N) is 2. The van der Waals surface area contributed by atoms with Crippen molar-refractivity contribution in [3.05, 3.63) is 34.7 Å². The lowest BCUT2D eigenvalue weighted by atomic mass is 10.3. The number of pyridine rings is 1. The maximum absolute atomic E-state index is 11.4. The van der Waals surface area contributed by atoms with E-state index in [0.717, 1.165) is 10.3 Å². The third-order valence-corrected chi connectivity index (χ3v) is 2.57. The van der Waals surface area contributed by atoms with Crippen molar-refractivity contribution in [2.45, 2.75) is 0 Å². The second-order valence-corrected chi connectivity index (χ2v) is 3.63. The number of rotatable bonds is 2. The Balaban J connectivity index is 2.73. The molecule has 0 aromatic carbocycles. The van der Waals surface area contributed by atoms with Gasteiger partial charge in [0.1, 0.15) is 11.3 Å². The number of hydrogen-bond acceptors (Lipinski definition) is 3. The molecule has 0 aliphatic rings. The van der Waals surface area contributed by atoms with Gasteiger partial charge in [0.2, 0.25) is 0 Å². The van der Waals surface area contributed by atoms with Crippen molar-refractivity contribution in [1.29, 1.82) is 0 Å². The summed E-state index contributed by atoms with van der Waals surface area (Å²) >= 11 is 3.35. The Morgan fingerprint density at radius 2 is 2.36 bits per heavy atom. The number of imidazole rings is 1. The molecule has 0 aliphatic carbocycles. The van der Waals surface area contributed by atoms with Crippen LogP contribution in [0.15, 0.2) is 29.0 Å². The molecule has 0 saturated carbocycles. The van der Waals surface area contributed by atoms with Crippen molar-refractivity contribution in [3.8, 4) is 0 Å². The average Bonchev–Trinajstić information content (AvgIpc) is 2.62. The van der Waals surface area contributed by atoms with Gasteiger partial charge in [-0.15, -0.1) is 0 Å². The molecule has 0 atom stereocenters. The molecule has 0 radical (unpaired) electrons. The van der Waals surface area contributed by atoms with Crippen molar-refractivity contribution >= 4 is 27.4 Å². The summed E-state index contributed by atoms with van der Waals surface area (Å²) in [5, 5.41) is 0. The molecule has 14 heavy (non-hydrogen) atoms. The van der Waals surface area contributed by atoms with Gasteiger partial charge in [-0.25, -0.2) is 4.98 Å². The molecule has 2 heterocycles. The number of aromatic nitrogens is 2. The van der Waals surface area contributed by atoms with Gasteiger partial charge < -0.3 is 5.73 Å². The van der Waals surface area contributed by atoms with Crippen molar-refractivity contribution in [2.24, 2.45) is 5.73 Å². The molecule has 0 bridgehead atoms. The number of halogens is 1. The first-order valence-electron chi connectivity index (χ1n) is 4.09. The lowest BCUT2D eigenvalue weighted by molar-refractivity contribution is 0.0995.